The molecule has 6 heteroatoms. The largest absolute Gasteiger partial charge is 0.334 e. The number of piperidine rings is 1. The van der Waals surface area contributed by atoms with Crippen molar-refractivity contribution in [3.05, 3.63) is 33.5 Å². The lowest BCUT2D eigenvalue weighted by atomic mass is 9.98. The highest BCUT2D eigenvalue weighted by atomic mass is 79.9. The third kappa shape index (κ3) is 2.83. The first kappa shape index (κ1) is 13.1. The molecule has 1 aliphatic rings. The molecule has 1 aromatic heterocycles. The fourth-order valence-corrected chi connectivity index (χ4v) is 2.65. The number of halogens is 2. The Hall–Kier alpha value is -0.910. The van der Waals surface area contributed by atoms with Crippen molar-refractivity contribution in [2.45, 2.75) is 18.8 Å². The average Bonchev–Trinajstić information content (AvgIpc) is 2.93. The van der Waals surface area contributed by atoms with Gasteiger partial charge >= 0.3 is 0 Å². The summed E-state index contributed by atoms with van der Waals surface area (Å²) >= 11 is 9.44. The maximum atomic E-state index is 6.07. The molecule has 0 saturated carbocycles. The van der Waals surface area contributed by atoms with Gasteiger partial charge in [-0.15, -0.1) is 0 Å². The zero-order chi connectivity index (χ0) is 13.2. The molecule has 0 bridgehead atoms. The molecule has 1 saturated heterocycles. The van der Waals surface area contributed by atoms with Gasteiger partial charge in [-0.3, -0.25) is 0 Å². The van der Waals surface area contributed by atoms with Gasteiger partial charge in [-0.1, -0.05) is 16.8 Å². The maximum Gasteiger partial charge on any atom is 0.257 e. The molecule has 0 atom stereocenters. The zero-order valence-electron chi connectivity index (χ0n) is 10.2. The van der Waals surface area contributed by atoms with Crippen molar-refractivity contribution in [3.8, 4) is 11.5 Å². The van der Waals surface area contributed by atoms with Gasteiger partial charge in [0.15, 0.2) is 5.82 Å². The molecule has 2 aromatic rings. The Labute approximate surface area is 124 Å². The van der Waals surface area contributed by atoms with Crippen molar-refractivity contribution in [2.24, 2.45) is 0 Å². The fourth-order valence-electron chi connectivity index (χ4n) is 2.23. The fraction of sp³-hybridized carbons (Fsp3) is 0.385. The Morgan fingerprint density at radius 3 is 2.84 bits per heavy atom. The van der Waals surface area contributed by atoms with Crippen LogP contribution in [0.2, 0.25) is 5.02 Å². The molecule has 0 amide bonds. The number of rotatable bonds is 2. The summed E-state index contributed by atoms with van der Waals surface area (Å²) in [5, 5.41) is 8.07. The van der Waals surface area contributed by atoms with E-state index in [2.05, 4.69) is 31.4 Å². The van der Waals surface area contributed by atoms with Crippen LogP contribution in [-0.4, -0.2) is 23.2 Å². The van der Waals surface area contributed by atoms with Crippen LogP contribution in [0.25, 0.3) is 11.5 Å². The minimum atomic E-state index is 0.393. The summed E-state index contributed by atoms with van der Waals surface area (Å²) in [7, 11) is 0. The standard InChI is InChI=1S/C13H13BrClN3O/c14-10-2-1-9(7-11(10)15)13-17-12(18-19-13)8-3-5-16-6-4-8/h1-2,7-8,16H,3-6H2. The van der Waals surface area contributed by atoms with E-state index in [1.807, 2.05) is 18.2 Å². The van der Waals surface area contributed by atoms with Gasteiger partial charge in [0.2, 0.25) is 0 Å². The third-order valence-electron chi connectivity index (χ3n) is 3.31. The van der Waals surface area contributed by atoms with E-state index in [9.17, 15) is 0 Å². The average molecular weight is 343 g/mol. The first-order valence-corrected chi connectivity index (χ1v) is 7.41. The summed E-state index contributed by atoms with van der Waals surface area (Å²) in [5.41, 5.74) is 0.848. The van der Waals surface area contributed by atoms with E-state index in [1.165, 1.54) is 0 Å². The number of nitrogens with one attached hydrogen (secondary N) is 1. The van der Waals surface area contributed by atoms with Gasteiger partial charge in [0, 0.05) is 16.0 Å². The number of hydrogen-bond acceptors (Lipinski definition) is 4. The Morgan fingerprint density at radius 2 is 2.11 bits per heavy atom. The van der Waals surface area contributed by atoms with Crippen molar-refractivity contribution in [1.82, 2.24) is 15.5 Å². The molecule has 0 spiro atoms. The molecule has 0 aliphatic carbocycles. The van der Waals surface area contributed by atoms with E-state index in [4.69, 9.17) is 16.1 Å². The summed E-state index contributed by atoms with van der Waals surface area (Å²) < 4.78 is 6.20. The number of hydrogen-bond donors (Lipinski definition) is 1. The van der Waals surface area contributed by atoms with Crippen LogP contribution in [0.3, 0.4) is 0 Å². The lowest BCUT2D eigenvalue weighted by molar-refractivity contribution is 0.392. The second kappa shape index (κ2) is 5.61. The lowest BCUT2D eigenvalue weighted by Gasteiger charge is -2.18. The van der Waals surface area contributed by atoms with Crippen molar-refractivity contribution >= 4 is 27.5 Å². The van der Waals surface area contributed by atoms with Crippen LogP contribution in [0.4, 0.5) is 0 Å². The van der Waals surface area contributed by atoms with E-state index >= 15 is 0 Å². The molecule has 1 N–H and O–H groups in total. The van der Waals surface area contributed by atoms with Crippen LogP contribution in [0.15, 0.2) is 27.2 Å². The van der Waals surface area contributed by atoms with Gasteiger partial charge in [-0.25, -0.2) is 0 Å². The zero-order valence-corrected chi connectivity index (χ0v) is 12.5. The minimum Gasteiger partial charge on any atom is -0.334 e. The lowest BCUT2D eigenvalue weighted by Crippen LogP contribution is -2.27. The third-order valence-corrected chi connectivity index (χ3v) is 4.55. The monoisotopic (exact) mass is 341 g/mol. The Morgan fingerprint density at radius 1 is 1.32 bits per heavy atom. The molecular formula is C13H13BrClN3O. The predicted molar refractivity (Wildman–Crippen MR) is 77.3 cm³/mol. The van der Waals surface area contributed by atoms with E-state index < -0.39 is 0 Å². The molecule has 1 fully saturated rings. The van der Waals surface area contributed by atoms with Gasteiger partial charge in [0.1, 0.15) is 0 Å². The van der Waals surface area contributed by atoms with Crippen molar-refractivity contribution in [2.75, 3.05) is 13.1 Å². The molecule has 2 heterocycles. The SMILES string of the molecule is Clc1cc(-c2nc(C3CCNCC3)no2)ccc1Br. The molecule has 0 radical (unpaired) electrons. The molecule has 3 rings (SSSR count). The Bertz CT molecular complexity index is 581. The van der Waals surface area contributed by atoms with Gasteiger partial charge < -0.3 is 9.84 Å². The highest BCUT2D eigenvalue weighted by Crippen LogP contribution is 2.29. The van der Waals surface area contributed by atoms with Crippen LogP contribution < -0.4 is 5.32 Å². The van der Waals surface area contributed by atoms with Crippen LogP contribution in [0, 0.1) is 0 Å². The van der Waals surface area contributed by atoms with E-state index in [-0.39, 0.29) is 0 Å². The number of aromatic nitrogens is 2. The van der Waals surface area contributed by atoms with Crippen molar-refractivity contribution < 1.29 is 4.52 Å². The summed E-state index contributed by atoms with van der Waals surface area (Å²) in [6.07, 6.45) is 2.11. The van der Waals surface area contributed by atoms with Crippen LogP contribution in [-0.2, 0) is 0 Å². The van der Waals surface area contributed by atoms with Crippen LogP contribution in [0.5, 0.6) is 0 Å². The smallest absolute Gasteiger partial charge is 0.257 e. The van der Waals surface area contributed by atoms with E-state index in [0.29, 0.717) is 16.8 Å². The first-order valence-electron chi connectivity index (χ1n) is 6.24. The maximum absolute atomic E-state index is 6.07. The quantitative estimate of drug-likeness (QED) is 0.905. The minimum absolute atomic E-state index is 0.393. The molecule has 0 unspecified atom stereocenters. The second-order valence-corrected chi connectivity index (χ2v) is 5.87. The number of nitrogens with zero attached hydrogens (tertiary/aromatic N) is 2. The normalized spacial score (nSPS) is 16.7. The first-order chi connectivity index (χ1) is 9.24. The molecule has 100 valence electrons. The highest BCUT2D eigenvalue weighted by molar-refractivity contribution is 9.10. The van der Waals surface area contributed by atoms with Gasteiger partial charge in [-0.2, -0.15) is 4.98 Å². The number of benzene rings is 1. The highest BCUT2D eigenvalue weighted by Gasteiger charge is 2.21. The summed E-state index contributed by atoms with van der Waals surface area (Å²) in [6.45, 7) is 2.03. The molecule has 19 heavy (non-hydrogen) atoms. The Kier molecular flexibility index (Phi) is 3.86. The molecule has 1 aliphatic heterocycles. The summed E-state index contributed by atoms with van der Waals surface area (Å²) in [5.74, 6) is 1.73. The second-order valence-electron chi connectivity index (χ2n) is 4.61. The van der Waals surface area contributed by atoms with Gasteiger partial charge in [-0.05, 0) is 60.1 Å². The van der Waals surface area contributed by atoms with E-state index in [0.717, 1.165) is 41.8 Å². The Balaban J connectivity index is 1.85. The van der Waals surface area contributed by atoms with Gasteiger partial charge in [0.05, 0.1) is 5.02 Å². The van der Waals surface area contributed by atoms with Gasteiger partial charge in [0.25, 0.3) is 5.89 Å². The molecular weight excluding hydrogens is 330 g/mol. The van der Waals surface area contributed by atoms with Crippen LogP contribution in [0.1, 0.15) is 24.6 Å². The van der Waals surface area contributed by atoms with E-state index in [1.54, 1.807) is 0 Å². The van der Waals surface area contributed by atoms with Crippen LogP contribution >= 0.6 is 27.5 Å². The topological polar surface area (TPSA) is 51.0 Å². The van der Waals surface area contributed by atoms with Crippen molar-refractivity contribution in [1.29, 1.82) is 0 Å². The van der Waals surface area contributed by atoms with Crippen molar-refractivity contribution in [3.63, 3.8) is 0 Å². The predicted octanol–water partition coefficient (Wildman–Crippen LogP) is 3.62. The molecule has 1 aromatic carbocycles. The summed E-state index contributed by atoms with van der Waals surface area (Å²) in [4.78, 5) is 4.50. The summed E-state index contributed by atoms with van der Waals surface area (Å²) in [6, 6.07) is 5.62. The molecule has 4 nitrogen and oxygen atoms in total.